The number of benzene rings is 1. The van der Waals surface area contributed by atoms with Crippen molar-refractivity contribution in [1.29, 1.82) is 0 Å². The normalized spacial score (nSPS) is 21.4. The van der Waals surface area contributed by atoms with Crippen LogP contribution in [-0.4, -0.2) is 18.6 Å². The van der Waals surface area contributed by atoms with Crippen LogP contribution in [0.5, 0.6) is 5.75 Å². The highest BCUT2D eigenvalue weighted by Gasteiger charge is 2.34. The van der Waals surface area contributed by atoms with E-state index in [2.05, 4.69) is 50.1 Å². The van der Waals surface area contributed by atoms with Crippen molar-refractivity contribution in [3.63, 3.8) is 0 Å². The minimum Gasteiger partial charge on any atom is -0.495 e. The van der Waals surface area contributed by atoms with E-state index in [0.717, 1.165) is 17.8 Å². The molecule has 0 saturated carbocycles. The van der Waals surface area contributed by atoms with E-state index < -0.39 is 0 Å². The summed E-state index contributed by atoms with van der Waals surface area (Å²) >= 11 is 0. The molecule has 3 heteroatoms. The standard InChI is InChI=1S/C16H22N2O/c1-9-6-11-13-14(10(2)17-8-16(13,3)4)18-15(11)12(7-9)19-5/h6-7,10,17-18H,8H2,1-5H3. The lowest BCUT2D eigenvalue weighted by molar-refractivity contribution is 0.394. The molecule has 1 aromatic carbocycles. The van der Waals surface area contributed by atoms with Gasteiger partial charge in [0.2, 0.25) is 0 Å². The van der Waals surface area contributed by atoms with E-state index in [4.69, 9.17) is 4.74 Å². The molecule has 1 aromatic heterocycles. The van der Waals surface area contributed by atoms with Crippen LogP contribution in [0, 0.1) is 6.92 Å². The van der Waals surface area contributed by atoms with Gasteiger partial charge < -0.3 is 15.0 Å². The monoisotopic (exact) mass is 258 g/mol. The van der Waals surface area contributed by atoms with Crippen LogP contribution in [-0.2, 0) is 5.41 Å². The number of hydrogen-bond acceptors (Lipinski definition) is 2. The second-order valence-corrected chi connectivity index (χ2v) is 6.29. The molecule has 0 amide bonds. The van der Waals surface area contributed by atoms with Crippen LogP contribution in [0.3, 0.4) is 0 Å². The smallest absolute Gasteiger partial charge is 0.143 e. The van der Waals surface area contributed by atoms with Crippen molar-refractivity contribution >= 4 is 10.9 Å². The van der Waals surface area contributed by atoms with Crippen molar-refractivity contribution in [2.75, 3.05) is 13.7 Å². The largest absolute Gasteiger partial charge is 0.495 e. The van der Waals surface area contributed by atoms with Gasteiger partial charge in [-0.1, -0.05) is 13.8 Å². The summed E-state index contributed by atoms with van der Waals surface area (Å²) in [6, 6.07) is 4.72. The molecule has 0 aliphatic carbocycles. The Morgan fingerprint density at radius 2 is 2.05 bits per heavy atom. The number of nitrogens with one attached hydrogen (secondary N) is 2. The number of aryl methyl sites for hydroxylation is 1. The van der Waals surface area contributed by atoms with Gasteiger partial charge in [-0.25, -0.2) is 0 Å². The minimum absolute atomic E-state index is 0.138. The van der Waals surface area contributed by atoms with E-state index in [-0.39, 0.29) is 5.41 Å². The summed E-state index contributed by atoms with van der Waals surface area (Å²) in [4.78, 5) is 3.58. The van der Waals surface area contributed by atoms with Gasteiger partial charge in [-0.15, -0.1) is 0 Å². The Kier molecular flexibility index (Phi) is 2.65. The van der Waals surface area contributed by atoms with Gasteiger partial charge >= 0.3 is 0 Å². The first-order chi connectivity index (χ1) is 8.94. The Hall–Kier alpha value is -1.48. The van der Waals surface area contributed by atoms with Gasteiger partial charge in [0.15, 0.2) is 0 Å². The molecule has 0 spiro atoms. The molecule has 1 atom stereocenters. The maximum Gasteiger partial charge on any atom is 0.143 e. The fourth-order valence-electron chi connectivity index (χ4n) is 3.24. The predicted molar refractivity (Wildman–Crippen MR) is 79.0 cm³/mol. The van der Waals surface area contributed by atoms with Gasteiger partial charge in [-0.05, 0) is 37.1 Å². The molecule has 1 aliphatic heterocycles. The first-order valence-electron chi connectivity index (χ1n) is 6.88. The summed E-state index contributed by atoms with van der Waals surface area (Å²) < 4.78 is 5.54. The van der Waals surface area contributed by atoms with E-state index >= 15 is 0 Å². The fourth-order valence-corrected chi connectivity index (χ4v) is 3.24. The highest BCUT2D eigenvalue weighted by Crippen LogP contribution is 2.42. The molecule has 1 aliphatic rings. The zero-order chi connectivity index (χ0) is 13.8. The molecule has 0 fully saturated rings. The fraction of sp³-hybridized carbons (Fsp3) is 0.500. The summed E-state index contributed by atoms with van der Waals surface area (Å²) in [5.41, 5.74) is 5.25. The molecule has 3 rings (SSSR count). The molecule has 1 unspecified atom stereocenters. The van der Waals surface area contributed by atoms with E-state index in [0.29, 0.717) is 6.04 Å². The zero-order valence-electron chi connectivity index (χ0n) is 12.3. The highest BCUT2D eigenvalue weighted by molar-refractivity contribution is 5.91. The van der Waals surface area contributed by atoms with Crippen LogP contribution in [0.1, 0.15) is 43.6 Å². The number of aromatic nitrogens is 1. The molecule has 3 nitrogen and oxygen atoms in total. The molecular weight excluding hydrogens is 236 g/mol. The van der Waals surface area contributed by atoms with Crippen molar-refractivity contribution in [1.82, 2.24) is 10.3 Å². The molecule has 102 valence electrons. The number of ether oxygens (including phenoxy) is 1. The first kappa shape index (κ1) is 12.5. The number of H-pyrrole nitrogens is 1. The lowest BCUT2D eigenvalue weighted by Gasteiger charge is -2.34. The third kappa shape index (κ3) is 1.76. The lowest BCUT2D eigenvalue weighted by Crippen LogP contribution is -2.40. The van der Waals surface area contributed by atoms with Crippen LogP contribution >= 0.6 is 0 Å². The number of rotatable bonds is 1. The topological polar surface area (TPSA) is 37.0 Å². The molecule has 0 radical (unpaired) electrons. The van der Waals surface area contributed by atoms with Crippen molar-refractivity contribution in [3.8, 4) is 5.75 Å². The SMILES string of the molecule is COc1cc(C)cc2c3c([nH]c12)C(C)NCC3(C)C. The van der Waals surface area contributed by atoms with Gasteiger partial charge in [-0.2, -0.15) is 0 Å². The number of fused-ring (bicyclic) bond motifs is 3. The Morgan fingerprint density at radius 1 is 1.32 bits per heavy atom. The Labute approximate surface area is 114 Å². The summed E-state index contributed by atoms with van der Waals surface area (Å²) in [7, 11) is 1.74. The second-order valence-electron chi connectivity index (χ2n) is 6.29. The third-order valence-electron chi connectivity index (χ3n) is 4.22. The maximum absolute atomic E-state index is 5.54. The molecule has 0 bridgehead atoms. The average molecular weight is 258 g/mol. The van der Waals surface area contributed by atoms with Gasteiger partial charge in [0.25, 0.3) is 0 Å². The summed E-state index contributed by atoms with van der Waals surface area (Å²) in [5, 5.41) is 4.88. The van der Waals surface area contributed by atoms with Crippen LogP contribution in [0.15, 0.2) is 12.1 Å². The quantitative estimate of drug-likeness (QED) is 0.822. The predicted octanol–water partition coefficient (Wildman–Crippen LogP) is 3.43. The van der Waals surface area contributed by atoms with E-state index in [1.807, 2.05) is 0 Å². The van der Waals surface area contributed by atoms with Crippen LogP contribution in [0.2, 0.25) is 0 Å². The average Bonchev–Trinajstić information content (AvgIpc) is 2.74. The number of hydrogen-bond donors (Lipinski definition) is 2. The van der Waals surface area contributed by atoms with E-state index in [9.17, 15) is 0 Å². The Bertz CT molecular complexity index is 640. The van der Waals surface area contributed by atoms with Crippen LogP contribution in [0.25, 0.3) is 10.9 Å². The second kappa shape index (κ2) is 4.01. The van der Waals surface area contributed by atoms with Crippen molar-refractivity contribution in [3.05, 3.63) is 29.0 Å². The molecule has 19 heavy (non-hydrogen) atoms. The number of aromatic amines is 1. The lowest BCUT2D eigenvalue weighted by atomic mass is 9.78. The van der Waals surface area contributed by atoms with Crippen molar-refractivity contribution in [2.45, 2.75) is 39.2 Å². The molecular formula is C16H22N2O. The van der Waals surface area contributed by atoms with Crippen molar-refractivity contribution in [2.24, 2.45) is 0 Å². The van der Waals surface area contributed by atoms with E-state index in [1.54, 1.807) is 7.11 Å². The Morgan fingerprint density at radius 3 is 2.74 bits per heavy atom. The van der Waals surface area contributed by atoms with Gasteiger partial charge in [0.1, 0.15) is 5.75 Å². The van der Waals surface area contributed by atoms with Gasteiger partial charge in [-0.3, -0.25) is 0 Å². The zero-order valence-corrected chi connectivity index (χ0v) is 12.3. The first-order valence-corrected chi connectivity index (χ1v) is 6.88. The third-order valence-corrected chi connectivity index (χ3v) is 4.22. The minimum atomic E-state index is 0.138. The summed E-state index contributed by atoms with van der Waals surface area (Å²) in [5.74, 6) is 0.937. The maximum atomic E-state index is 5.54. The molecule has 2 heterocycles. The molecule has 2 N–H and O–H groups in total. The number of methoxy groups -OCH3 is 1. The molecule has 2 aromatic rings. The van der Waals surface area contributed by atoms with E-state index in [1.165, 1.54) is 22.2 Å². The van der Waals surface area contributed by atoms with Crippen LogP contribution < -0.4 is 10.1 Å². The van der Waals surface area contributed by atoms with Crippen LogP contribution in [0.4, 0.5) is 0 Å². The highest BCUT2D eigenvalue weighted by atomic mass is 16.5. The summed E-state index contributed by atoms with van der Waals surface area (Å²) in [6.45, 7) is 9.94. The van der Waals surface area contributed by atoms with Gasteiger partial charge in [0, 0.05) is 29.1 Å². The molecule has 0 saturated heterocycles. The van der Waals surface area contributed by atoms with Gasteiger partial charge in [0.05, 0.1) is 12.6 Å². The Balaban J connectivity index is 2.40. The van der Waals surface area contributed by atoms with Crippen molar-refractivity contribution < 1.29 is 4.74 Å². The summed E-state index contributed by atoms with van der Waals surface area (Å²) in [6.07, 6.45) is 0.